The molecule has 1 aromatic rings. The summed E-state index contributed by atoms with van der Waals surface area (Å²) >= 11 is 0. The van der Waals surface area contributed by atoms with Gasteiger partial charge < -0.3 is 0 Å². The Hall–Kier alpha value is -0.880. The Morgan fingerprint density at radius 3 is 2.00 bits per heavy atom. The minimum Gasteiger partial charge on any atom is -0.212 e. The van der Waals surface area contributed by atoms with Gasteiger partial charge in [-0.1, -0.05) is 31.0 Å². The lowest BCUT2D eigenvalue weighted by Crippen LogP contribution is -2.19. The number of aryl methyl sites for hydroxylation is 1. The summed E-state index contributed by atoms with van der Waals surface area (Å²) in [5, 5.41) is 0. The van der Waals surface area contributed by atoms with E-state index in [1.807, 2.05) is 13.8 Å². The molecule has 0 spiro atoms. The van der Waals surface area contributed by atoms with Crippen LogP contribution in [0.4, 0.5) is 0 Å². The highest BCUT2D eigenvalue weighted by Crippen LogP contribution is 2.19. The van der Waals surface area contributed by atoms with Gasteiger partial charge in [-0.3, -0.25) is 0 Å². The van der Waals surface area contributed by atoms with Crippen molar-refractivity contribution in [2.24, 2.45) is 0 Å². The summed E-state index contributed by atoms with van der Waals surface area (Å²) in [5.41, 5.74) is 0.884. The van der Waals surface area contributed by atoms with Crippen molar-refractivity contribution in [3.63, 3.8) is 0 Å². The number of benzene rings is 1. The van der Waals surface area contributed by atoms with Gasteiger partial charge in [-0.15, -0.1) is 0 Å². The average molecular weight is 276 g/mol. The second kappa shape index (κ2) is 5.18. The molecule has 0 N–H and O–H groups in total. The van der Waals surface area contributed by atoms with Gasteiger partial charge in [-0.2, -0.15) is 0 Å². The summed E-state index contributed by atoms with van der Waals surface area (Å²) in [6.07, 6.45) is 0.996. The molecule has 0 aliphatic heterocycles. The molecule has 4 nitrogen and oxygen atoms in total. The highest BCUT2D eigenvalue weighted by atomic mass is 33.2. The first-order chi connectivity index (χ1) is 7.81. The van der Waals surface area contributed by atoms with E-state index in [4.69, 9.17) is 0 Å². The van der Waals surface area contributed by atoms with Crippen molar-refractivity contribution in [2.45, 2.75) is 31.6 Å². The maximum atomic E-state index is 11.9. The van der Waals surface area contributed by atoms with Gasteiger partial charge in [0.1, 0.15) is 0 Å². The van der Waals surface area contributed by atoms with Gasteiger partial charge >= 0.3 is 0 Å². The predicted molar refractivity (Wildman–Crippen MR) is 67.1 cm³/mol. The molecular formula is C11H16O4S2. The number of unbranched alkanes of at least 4 members (excludes halogenated alkanes) is 1. The average Bonchev–Trinajstić information content (AvgIpc) is 2.27. The van der Waals surface area contributed by atoms with Crippen molar-refractivity contribution in [1.29, 1.82) is 0 Å². The molecule has 0 bridgehead atoms. The molecule has 0 heterocycles. The second-order valence-corrected chi connectivity index (χ2v) is 9.63. The van der Waals surface area contributed by atoms with Crippen LogP contribution in [-0.4, -0.2) is 22.6 Å². The lowest BCUT2D eigenvalue weighted by atomic mass is 10.2. The zero-order valence-corrected chi connectivity index (χ0v) is 11.5. The van der Waals surface area contributed by atoms with Gasteiger partial charge in [0, 0.05) is 0 Å². The van der Waals surface area contributed by atoms with Crippen LogP contribution in [0.3, 0.4) is 0 Å². The molecule has 0 fully saturated rings. The summed E-state index contributed by atoms with van der Waals surface area (Å²) in [7, 11) is -8.37. The molecule has 0 saturated heterocycles. The van der Waals surface area contributed by atoms with E-state index in [9.17, 15) is 16.8 Å². The monoisotopic (exact) mass is 276 g/mol. The summed E-state index contributed by atoms with van der Waals surface area (Å²) in [4.78, 5) is -0.154. The van der Waals surface area contributed by atoms with Crippen LogP contribution in [0.25, 0.3) is 0 Å². The third kappa shape index (κ3) is 3.07. The van der Waals surface area contributed by atoms with E-state index in [0.29, 0.717) is 12.8 Å². The summed E-state index contributed by atoms with van der Waals surface area (Å²) in [5.74, 6) is -0.320. The molecule has 0 atom stereocenters. The topological polar surface area (TPSA) is 68.3 Å². The lowest BCUT2D eigenvalue weighted by Gasteiger charge is -2.05. The highest BCUT2D eigenvalue weighted by molar-refractivity contribution is 8.67. The number of hydrogen-bond acceptors (Lipinski definition) is 4. The van der Waals surface area contributed by atoms with Crippen LogP contribution in [0.1, 0.15) is 25.3 Å². The Bertz CT molecular complexity index is 568. The van der Waals surface area contributed by atoms with Crippen molar-refractivity contribution in [1.82, 2.24) is 0 Å². The molecule has 96 valence electrons. The van der Waals surface area contributed by atoms with Crippen molar-refractivity contribution < 1.29 is 16.8 Å². The van der Waals surface area contributed by atoms with Crippen LogP contribution in [-0.2, 0) is 17.7 Å². The SMILES string of the molecule is CCCCS(=O)(=O)S(=O)(=O)c1ccc(C)cc1. The van der Waals surface area contributed by atoms with Gasteiger partial charge in [0.15, 0.2) is 0 Å². The Morgan fingerprint density at radius 2 is 1.53 bits per heavy atom. The minimum absolute atomic E-state index is 0.154. The van der Waals surface area contributed by atoms with Crippen molar-refractivity contribution in [3.05, 3.63) is 29.8 Å². The molecule has 0 amide bonds. The maximum Gasteiger partial charge on any atom is 0.282 e. The number of rotatable bonds is 5. The van der Waals surface area contributed by atoms with Crippen molar-refractivity contribution in [2.75, 3.05) is 5.75 Å². The quantitative estimate of drug-likeness (QED) is 0.770. The Morgan fingerprint density at radius 1 is 1.00 bits per heavy atom. The molecule has 0 saturated carbocycles. The maximum absolute atomic E-state index is 11.9. The van der Waals surface area contributed by atoms with Gasteiger partial charge in [-0.05, 0) is 25.5 Å². The van der Waals surface area contributed by atoms with E-state index in [0.717, 1.165) is 5.56 Å². The fourth-order valence-corrected chi connectivity index (χ4v) is 5.13. The zero-order valence-electron chi connectivity index (χ0n) is 9.88. The lowest BCUT2D eigenvalue weighted by molar-refractivity contribution is 0.581. The van der Waals surface area contributed by atoms with Crippen LogP contribution in [0.15, 0.2) is 29.2 Å². The largest absolute Gasteiger partial charge is 0.282 e. The van der Waals surface area contributed by atoms with E-state index < -0.39 is 17.7 Å². The van der Waals surface area contributed by atoms with Crippen LogP contribution >= 0.6 is 0 Å². The fourth-order valence-electron chi connectivity index (χ4n) is 1.28. The summed E-state index contributed by atoms with van der Waals surface area (Å²) in [6, 6.07) is 5.83. The predicted octanol–water partition coefficient (Wildman–Crippen LogP) is 1.90. The smallest absolute Gasteiger partial charge is 0.212 e. The third-order valence-electron chi connectivity index (χ3n) is 2.39. The van der Waals surface area contributed by atoms with Crippen molar-refractivity contribution >= 4 is 17.7 Å². The third-order valence-corrected chi connectivity index (χ3v) is 7.78. The van der Waals surface area contributed by atoms with E-state index >= 15 is 0 Å². The molecule has 6 heteroatoms. The molecule has 0 aromatic heterocycles. The van der Waals surface area contributed by atoms with Gasteiger partial charge in [0.05, 0.1) is 10.6 Å². The van der Waals surface area contributed by atoms with Crippen LogP contribution in [0, 0.1) is 6.92 Å². The first-order valence-electron chi connectivity index (χ1n) is 5.35. The first kappa shape index (κ1) is 14.2. The van der Waals surface area contributed by atoms with Crippen LogP contribution in [0.5, 0.6) is 0 Å². The summed E-state index contributed by atoms with van der Waals surface area (Å²) in [6.45, 7) is 3.62. The zero-order chi connectivity index (χ0) is 13.1. The van der Waals surface area contributed by atoms with Gasteiger partial charge in [-0.25, -0.2) is 16.8 Å². The molecule has 1 rings (SSSR count). The standard InChI is InChI=1S/C11H16O4S2/c1-3-4-9-16(12,13)17(14,15)11-7-5-10(2)6-8-11/h5-8H,3-4,9H2,1-2H3. The van der Waals surface area contributed by atoms with Crippen LogP contribution < -0.4 is 0 Å². The fraction of sp³-hybridized carbons (Fsp3) is 0.455. The van der Waals surface area contributed by atoms with E-state index in [-0.39, 0.29) is 10.6 Å². The molecule has 0 aliphatic rings. The number of hydrogen-bond donors (Lipinski definition) is 0. The molecule has 0 unspecified atom stereocenters. The van der Waals surface area contributed by atoms with Gasteiger partial charge in [0.25, 0.3) is 17.7 Å². The van der Waals surface area contributed by atoms with Crippen molar-refractivity contribution in [3.8, 4) is 0 Å². The Balaban J connectivity index is 3.16. The molecule has 0 radical (unpaired) electrons. The van der Waals surface area contributed by atoms with E-state index in [1.54, 1.807) is 12.1 Å². The van der Waals surface area contributed by atoms with E-state index in [2.05, 4.69) is 0 Å². The highest BCUT2D eigenvalue weighted by Gasteiger charge is 2.30. The first-order valence-corrected chi connectivity index (χ1v) is 9.01. The minimum atomic E-state index is -4.26. The van der Waals surface area contributed by atoms with Crippen LogP contribution in [0.2, 0.25) is 0 Å². The molecule has 0 aliphatic carbocycles. The summed E-state index contributed by atoms with van der Waals surface area (Å²) < 4.78 is 47.2. The van der Waals surface area contributed by atoms with E-state index in [1.165, 1.54) is 12.1 Å². The second-order valence-electron chi connectivity index (χ2n) is 3.88. The Labute approximate surface area is 102 Å². The molecule has 17 heavy (non-hydrogen) atoms. The molecule has 1 aromatic carbocycles. The normalized spacial score (nSPS) is 12.6. The van der Waals surface area contributed by atoms with Gasteiger partial charge in [0.2, 0.25) is 0 Å². The Kier molecular flexibility index (Phi) is 4.32. The molecular weight excluding hydrogens is 260 g/mol.